The molecule has 0 aliphatic heterocycles. The van der Waals surface area contributed by atoms with E-state index in [0.29, 0.717) is 0 Å². The summed E-state index contributed by atoms with van der Waals surface area (Å²) in [6.07, 6.45) is 0. The summed E-state index contributed by atoms with van der Waals surface area (Å²) in [4.78, 5) is 10.6. The van der Waals surface area contributed by atoms with Crippen LogP contribution in [0.5, 0.6) is 0 Å². The lowest BCUT2D eigenvalue weighted by Gasteiger charge is -2.17. The van der Waals surface area contributed by atoms with Gasteiger partial charge in [-0.15, -0.1) is 11.3 Å². The Morgan fingerprint density at radius 3 is 2.70 bits per heavy atom. The van der Waals surface area contributed by atoms with Crippen LogP contribution in [0, 0.1) is 6.92 Å². The molecule has 0 bridgehead atoms. The third kappa shape index (κ3) is 2.75. The molecule has 0 saturated carbocycles. The van der Waals surface area contributed by atoms with Gasteiger partial charge in [0.15, 0.2) is 5.16 Å². The number of nitrogens with two attached hydrogens (primary N) is 1. The lowest BCUT2D eigenvalue weighted by atomic mass is 10.2. The monoisotopic (exact) mass is 303 g/mol. The van der Waals surface area contributed by atoms with E-state index in [9.17, 15) is 0 Å². The number of hydrogen-bond donors (Lipinski definition) is 2. The van der Waals surface area contributed by atoms with E-state index in [4.69, 9.17) is 5.73 Å². The highest BCUT2D eigenvalue weighted by molar-refractivity contribution is 7.99. The summed E-state index contributed by atoms with van der Waals surface area (Å²) in [7, 11) is 0. The maximum absolute atomic E-state index is 6.16. The second-order valence-electron chi connectivity index (χ2n) is 4.91. The molecule has 0 fully saturated rings. The van der Waals surface area contributed by atoms with Crippen molar-refractivity contribution in [3.63, 3.8) is 0 Å². The minimum atomic E-state index is 0.0752. The molecule has 0 aliphatic carbocycles. The molecule has 0 amide bonds. The Bertz CT molecular complexity index is 682. The number of aromatic nitrogens is 2. The first-order valence-electron chi connectivity index (χ1n) is 6.57. The average molecular weight is 303 g/mol. The molecule has 104 valence electrons. The Labute approximate surface area is 126 Å². The fourth-order valence-electron chi connectivity index (χ4n) is 2.14. The van der Waals surface area contributed by atoms with Gasteiger partial charge in [0.2, 0.25) is 0 Å². The van der Waals surface area contributed by atoms with Gasteiger partial charge in [0.1, 0.15) is 0 Å². The van der Waals surface area contributed by atoms with Gasteiger partial charge in [-0.3, -0.25) is 0 Å². The summed E-state index contributed by atoms with van der Waals surface area (Å²) in [5, 5.41) is 1.16. The first-order chi connectivity index (χ1) is 9.63. The van der Waals surface area contributed by atoms with Crippen molar-refractivity contribution in [2.75, 3.05) is 0 Å². The number of imidazole rings is 1. The van der Waals surface area contributed by atoms with Crippen molar-refractivity contribution in [3.8, 4) is 0 Å². The van der Waals surface area contributed by atoms with E-state index in [1.807, 2.05) is 35.6 Å². The first-order valence-corrected chi connectivity index (χ1v) is 8.26. The van der Waals surface area contributed by atoms with Crippen LogP contribution < -0.4 is 5.73 Å². The van der Waals surface area contributed by atoms with Crippen LogP contribution >= 0.6 is 23.1 Å². The van der Waals surface area contributed by atoms with Crippen LogP contribution in [0.15, 0.2) is 41.6 Å². The van der Waals surface area contributed by atoms with E-state index in [1.165, 1.54) is 9.75 Å². The quantitative estimate of drug-likeness (QED) is 0.713. The fourth-order valence-corrected chi connectivity index (χ4v) is 4.37. The average Bonchev–Trinajstić information content (AvgIpc) is 3.01. The number of rotatable bonds is 4. The molecule has 0 saturated heterocycles. The maximum atomic E-state index is 6.16. The highest BCUT2D eigenvalue weighted by atomic mass is 32.2. The predicted molar refractivity (Wildman–Crippen MR) is 87.4 cm³/mol. The summed E-state index contributed by atoms with van der Waals surface area (Å²) < 4.78 is 0. The number of thiophene rings is 1. The van der Waals surface area contributed by atoms with Gasteiger partial charge in [0.25, 0.3) is 0 Å². The van der Waals surface area contributed by atoms with E-state index in [1.54, 1.807) is 11.8 Å². The van der Waals surface area contributed by atoms with E-state index in [2.05, 4.69) is 35.9 Å². The van der Waals surface area contributed by atoms with Crippen molar-refractivity contribution < 1.29 is 0 Å². The molecule has 2 aromatic heterocycles. The van der Waals surface area contributed by atoms with Crippen LogP contribution in [0.1, 0.15) is 21.9 Å². The maximum Gasteiger partial charge on any atom is 0.167 e. The fraction of sp³-hybridized carbons (Fsp3) is 0.267. The number of nitrogens with one attached hydrogen (secondary N) is 1. The number of thioether (sulfide) groups is 1. The molecule has 2 unspecified atom stereocenters. The number of hydrogen-bond acceptors (Lipinski definition) is 4. The Morgan fingerprint density at radius 1 is 1.25 bits per heavy atom. The lowest BCUT2D eigenvalue weighted by Crippen LogP contribution is -2.21. The van der Waals surface area contributed by atoms with Gasteiger partial charge in [-0.25, -0.2) is 4.98 Å². The molecule has 2 heterocycles. The predicted octanol–water partition coefficient (Wildman–Crippen LogP) is 4.11. The number of nitrogens with zero attached hydrogens (tertiary/aromatic N) is 1. The third-order valence-corrected chi connectivity index (χ3v) is 5.71. The lowest BCUT2D eigenvalue weighted by molar-refractivity contribution is 0.727. The van der Waals surface area contributed by atoms with E-state index >= 15 is 0 Å². The molecule has 3 N–H and O–H groups in total. The standard InChI is InChI=1S/C15H17N3S2/c1-9-7-8-13(19-9)14(10(2)16)20-15-17-11-5-3-4-6-12(11)18-15/h3-8,10,14H,16H2,1-2H3,(H,17,18). The van der Waals surface area contributed by atoms with Crippen molar-refractivity contribution in [2.45, 2.75) is 30.3 Å². The van der Waals surface area contributed by atoms with Gasteiger partial charge in [-0.2, -0.15) is 0 Å². The van der Waals surface area contributed by atoms with Crippen LogP contribution in [-0.4, -0.2) is 16.0 Å². The van der Waals surface area contributed by atoms with Gasteiger partial charge in [-0.05, 0) is 38.1 Å². The third-order valence-electron chi connectivity index (χ3n) is 3.13. The van der Waals surface area contributed by atoms with Crippen molar-refractivity contribution in [2.24, 2.45) is 5.73 Å². The summed E-state index contributed by atoms with van der Waals surface area (Å²) in [5.74, 6) is 0. The molecule has 0 spiro atoms. The van der Waals surface area contributed by atoms with Gasteiger partial charge in [0, 0.05) is 15.8 Å². The van der Waals surface area contributed by atoms with E-state index in [-0.39, 0.29) is 11.3 Å². The molecule has 3 rings (SSSR count). The Kier molecular flexibility index (Phi) is 3.83. The van der Waals surface area contributed by atoms with Gasteiger partial charge < -0.3 is 10.7 Å². The topological polar surface area (TPSA) is 54.7 Å². The summed E-state index contributed by atoms with van der Waals surface area (Å²) in [5.41, 5.74) is 8.24. The molecule has 1 aromatic carbocycles. The molecule has 3 nitrogen and oxygen atoms in total. The van der Waals surface area contributed by atoms with Crippen LogP contribution in [0.2, 0.25) is 0 Å². The number of H-pyrrole nitrogens is 1. The molecular formula is C15H17N3S2. The normalized spacial score (nSPS) is 14.6. The first kappa shape index (κ1) is 13.7. The summed E-state index contributed by atoms with van der Waals surface area (Å²) in [6, 6.07) is 12.5. The zero-order valence-electron chi connectivity index (χ0n) is 11.5. The van der Waals surface area contributed by atoms with E-state index < -0.39 is 0 Å². The second kappa shape index (κ2) is 5.60. The van der Waals surface area contributed by atoms with Crippen LogP contribution in [0.3, 0.4) is 0 Å². The summed E-state index contributed by atoms with van der Waals surface area (Å²) >= 11 is 3.52. The SMILES string of the molecule is Cc1ccc(C(Sc2nc3ccccc3[nH]2)C(C)N)s1. The van der Waals surface area contributed by atoms with Crippen LogP contribution in [0.4, 0.5) is 0 Å². The minimum Gasteiger partial charge on any atom is -0.333 e. The Balaban J connectivity index is 1.89. The van der Waals surface area contributed by atoms with Gasteiger partial charge in [0.05, 0.1) is 16.3 Å². The summed E-state index contributed by atoms with van der Waals surface area (Å²) in [6.45, 7) is 4.17. The van der Waals surface area contributed by atoms with Crippen molar-refractivity contribution in [1.82, 2.24) is 9.97 Å². The molecular weight excluding hydrogens is 286 g/mol. The molecule has 5 heteroatoms. The second-order valence-corrected chi connectivity index (χ2v) is 7.35. The smallest absolute Gasteiger partial charge is 0.167 e. The number of para-hydroxylation sites is 2. The number of aryl methyl sites for hydroxylation is 1. The van der Waals surface area contributed by atoms with Crippen LogP contribution in [-0.2, 0) is 0 Å². The van der Waals surface area contributed by atoms with Crippen molar-refractivity contribution in [1.29, 1.82) is 0 Å². The molecule has 0 aliphatic rings. The zero-order chi connectivity index (χ0) is 14.1. The van der Waals surface area contributed by atoms with E-state index in [0.717, 1.165) is 16.2 Å². The Morgan fingerprint density at radius 2 is 2.05 bits per heavy atom. The molecule has 3 aromatic rings. The number of aromatic amines is 1. The van der Waals surface area contributed by atoms with Crippen molar-refractivity contribution >= 4 is 34.1 Å². The largest absolute Gasteiger partial charge is 0.333 e. The highest BCUT2D eigenvalue weighted by Crippen LogP contribution is 2.39. The van der Waals surface area contributed by atoms with Crippen LogP contribution in [0.25, 0.3) is 11.0 Å². The molecule has 20 heavy (non-hydrogen) atoms. The number of fused-ring (bicyclic) bond motifs is 1. The highest BCUT2D eigenvalue weighted by Gasteiger charge is 2.21. The molecule has 2 atom stereocenters. The van der Waals surface area contributed by atoms with Crippen molar-refractivity contribution in [3.05, 3.63) is 46.2 Å². The zero-order valence-corrected chi connectivity index (χ0v) is 13.1. The van der Waals surface area contributed by atoms with Gasteiger partial charge >= 0.3 is 0 Å². The van der Waals surface area contributed by atoms with Gasteiger partial charge in [-0.1, -0.05) is 23.9 Å². The Hall–Kier alpha value is -1.30. The number of benzene rings is 1. The minimum absolute atomic E-state index is 0.0752. The molecule has 0 radical (unpaired) electrons.